The first kappa shape index (κ1) is 24.5. The minimum atomic E-state index is -1.01. The van der Waals surface area contributed by atoms with Crippen LogP contribution in [0, 0.1) is 23.6 Å². The number of hydrogen-bond acceptors (Lipinski definition) is 5. The molecular formula is C28H29BFNO5. The van der Waals surface area contributed by atoms with Crippen LogP contribution in [0.25, 0.3) is 6.08 Å². The number of nitrogens with zero attached hydrogens (tertiary/aromatic N) is 1. The molecule has 36 heavy (non-hydrogen) atoms. The predicted molar refractivity (Wildman–Crippen MR) is 135 cm³/mol. The van der Waals surface area contributed by atoms with Crippen LogP contribution >= 0.6 is 0 Å². The molecule has 3 aliphatic rings. The molecule has 0 bridgehead atoms. The van der Waals surface area contributed by atoms with Crippen molar-refractivity contribution >= 4 is 30.7 Å². The van der Waals surface area contributed by atoms with Gasteiger partial charge in [0.1, 0.15) is 0 Å². The summed E-state index contributed by atoms with van der Waals surface area (Å²) in [6.45, 7) is 3.94. The van der Waals surface area contributed by atoms with Gasteiger partial charge in [0.25, 0.3) is 0 Å². The number of rotatable bonds is 5. The van der Waals surface area contributed by atoms with E-state index in [0.29, 0.717) is 30.5 Å². The Balaban J connectivity index is 1.37. The van der Waals surface area contributed by atoms with E-state index in [-0.39, 0.29) is 35.9 Å². The molecule has 186 valence electrons. The molecule has 2 aliphatic heterocycles. The highest BCUT2D eigenvalue weighted by Gasteiger charge is 2.57. The number of phenolic OH excluding ortho intramolecular Hbond substituents is 1. The highest BCUT2D eigenvalue weighted by Crippen LogP contribution is 2.51. The van der Waals surface area contributed by atoms with Gasteiger partial charge in [-0.05, 0) is 80.8 Å². The van der Waals surface area contributed by atoms with Crippen molar-refractivity contribution < 1.29 is 28.8 Å². The fraction of sp³-hybridized carbons (Fsp3) is 0.357. The van der Waals surface area contributed by atoms with Crippen molar-refractivity contribution in [3.63, 3.8) is 0 Å². The van der Waals surface area contributed by atoms with Crippen molar-refractivity contribution in [2.45, 2.75) is 45.5 Å². The molecule has 0 unspecified atom stereocenters. The van der Waals surface area contributed by atoms with Crippen LogP contribution < -0.4 is 4.90 Å². The van der Waals surface area contributed by atoms with Gasteiger partial charge in [-0.2, -0.15) is 0 Å². The maximum atomic E-state index is 13.7. The van der Waals surface area contributed by atoms with E-state index in [0.717, 1.165) is 16.7 Å². The Morgan fingerprint density at radius 1 is 1.17 bits per heavy atom. The molecule has 2 amide bonds. The zero-order valence-electron chi connectivity index (χ0n) is 20.4. The summed E-state index contributed by atoms with van der Waals surface area (Å²) in [4.78, 5) is 28.2. The Morgan fingerprint density at radius 3 is 2.64 bits per heavy atom. The van der Waals surface area contributed by atoms with Crippen LogP contribution in [0.1, 0.15) is 38.7 Å². The molecule has 8 heteroatoms. The second-order valence-electron chi connectivity index (χ2n) is 10.1. The summed E-state index contributed by atoms with van der Waals surface area (Å²) < 4.78 is 19.6. The Morgan fingerprint density at radius 2 is 1.92 bits per heavy atom. The minimum absolute atomic E-state index is 0.174. The molecular weight excluding hydrogens is 460 g/mol. The fourth-order valence-electron chi connectivity index (χ4n) is 6.08. The van der Waals surface area contributed by atoms with Crippen LogP contribution in [0.4, 0.5) is 10.1 Å². The topological polar surface area (TPSA) is 87.1 Å². The first-order valence-electron chi connectivity index (χ1n) is 12.4. The van der Waals surface area contributed by atoms with Crippen LogP contribution in [-0.4, -0.2) is 35.2 Å². The van der Waals surface area contributed by atoms with Gasteiger partial charge in [-0.3, -0.25) is 14.5 Å². The maximum Gasteiger partial charge on any atom is 0.455 e. The molecule has 2 aromatic carbocycles. The van der Waals surface area contributed by atoms with Gasteiger partial charge in [0, 0.05) is 0 Å². The molecule has 0 aromatic heterocycles. The average molecular weight is 489 g/mol. The van der Waals surface area contributed by atoms with Crippen LogP contribution in [0.15, 0.2) is 65.3 Å². The predicted octanol–water partition coefficient (Wildman–Crippen LogP) is 4.74. The number of anilines is 1. The van der Waals surface area contributed by atoms with Crippen molar-refractivity contribution in [1.82, 2.24) is 0 Å². The first-order valence-corrected chi connectivity index (χ1v) is 12.4. The third-order valence-electron chi connectivity index (χ3n) is 7.65. The molecule has 2 heterocycles. The van der Waals surface area contributed by atoms with Gasteiger partial charge in [-0.25, -0.2) is 4.39 Å². The first-order chi connectivity index (χ1) is 17.2. The molecule has 6 nitrogen and oxygen atoms in total. The van der Waals surface area contributed by atoms with Gasteiger partial charge >= 0.3 is 7.12 Å². The lowest BCUT2D eigenvalue weighted by Gasteiger charge is -2.42. The molecule has 2 aromatic rings. The van der Waals surface area contributed by atoms with Gasteiger partial charge in [0.05, 0.1) is 23.6 Å². The van der Waals surface area contributed by atoms with Gasteiger partial charge in [-0.1, -0.05) is 41.5 Å². The minimum Gasteiger partial charge on any atom is -0.505 e. The lowest BCUT2D eigenvalue weighted by molar-refractivity contribution is -0.122. The van der Waals surface area contributed by atoms with E-state index < -0.39 is 24.8 Å². The number of benzene rings is 2. The highest BCUT2D eigenvalue weighted by molar-refractivity contribution is 6.43. The highest BCUT2D eigenvalue weighted by atomic mass is 19.1. The van der Waals surface area contributed by atoms with Crippen LogP contribution in [-0.2, 0) is 14.2 Å². The van der Waals surface area contributed by atoms with Gasteiger partial charge < -0.3 is 14.8 Å². The summed E-state index contributed by atoms with van der Waals surface area (Å²) in [6.07, 6.45) is 3.50. The molecule has 0 saturated carbocycles. The van der Waals surface area contributed by atoms with Crippen LogP contribution in [0.5, 0.6) is 5.75 Å². The lowest BCUT2D eigenvalue weighted by Crippen LogP contribution is -2.46. The number of fused-ring (bicyclic) bond motifs is 3. The normalized spacial score (nSPS) is 26.4. The largest absolute Gasteiger partial charge is 0.505 e. The van der Waals surface area contributed by atoms with Crippen molar-refractivity contribution in [3.05, 3.63) is 76.6 Å². The lowest BCUT2D eigenvalue weighted by atomic mass is 9.59. The summed E-state index contributed by atoms with van der Waals surface area (Å²) in [7, 11) is -1.01. The summed E-state index contributed by atoms with van der Waals surface area (Å²) >= 11 is 0. The third-order valence-corrected chi connectivity index (χ3v) is 7.65. The number of amides is 2. The van der Waals surface area contributed by atoms with E-state index in [1.165, 1.54) is 17.0 Å². The number of phenols is 1. The number of carbonyl (C=O) groups excluding carboxylic acids is 2. The molecule has 4 atom stereocenters. The van der Waals surface area contributed by atoms with Gasteiger partial charge in [0.15, 0.2) is 11.6 Å². The number of aromatic hydroxyl groups is 1. The SMILES string of the molecule is CC1=C2[C@@H](CC/C(C)=C/c3ccc(O)c(F)c3)OB(O)C[C@@H]2[C@@H]2C(=O)N(c3ccccc3)C(=O)[C@@H]2C1. The fourth-order valence-corrected chi connectivity index (χ4v) is 6.08. The van der Waals surface area contributed by atoms with Crippen molar-refractivity contribution in [3.8, 4) is 5.75 Å². The number of halogens is 1. The van der Waals surface area contributed by atoms with Crippen LogP contribution in [0.2, 0.25) is 6.32 Å². The number of allylic oxidation sites excluding steroid dienone is 2. The zero-order valence-corrected chi connectivity index (χ0v) is 20.4. The molecule has 2 N–H and O–H groups in total. The molecule has 0 spiro atoms. The molecule has 2 fully saturated rings. The van der Waals surface area contributed by atoms with E-state index >= 15 is 0 Å². The van der Waals surface area contributed by atoms with E-state index in [9.17, 15) is 24.1 Å². The number of para-hydroxylation sites is 1. The van der Waals surface area contributed by atoms with E-state index in [4.69, 9.17) is 4.65 Å². The summed E-state index contributed by atoms with van der Waals surface area (Å²) in [5, 5.41) is 20.0. The monoisotopic (exact) mass is 489 g/mol. The maximum absolute atomic E-state index is 13.7. The van der Waals surface area contributed by atoms with Gasteiger partial charge in [-0.15, -0.1) is 0 Å². The summed E-state index contributed by atoms with van der Waals surface area (Å²) in [6, 6.07) is 13.3. The van der Waals surface area contributed by atoms with E-state index in [2.05, 4.69) is 0 Å². The van der Waals surface area contributed by atoms with Crippen molar-refractivity contribution in [1.29, 1.82) is 0 Å². The van der Waals surface area contributed by atoms with Crippen molar-refractivity contribution in [2.75, 3.05) is 4.90 Å². The van der Waals surface area contributed by atoms with E-state index in [1.54, 1.807) is 18.2 Å². The average Bonchev–Trinajstić information content (AvgIpc) is 3.09. The van der Waals surface area contributed by atoms with Gasteiger partial charge in [0.2, 0.25) is 11.8 Å². The smallest absolute Gasteiger partial charge is 0.455 e. The number of imide groups is 1. The molecule has 1 aliphatic carbocycles. The van der Waals surface area contributed by atoms with Crippen molar-refractivity contribution in [2.24, 2.45) is 17.8 Å². The zero-order chi connectivity index (χ0) is 25.6. The quantitative estimate of drug-likeness (QED) is 0.360. The standard InChI is InChI=1S/C28H29BFNO5/c1-16(12-18-9-10-23(32)22(30)14-18)8-11-24-25-17(2)13-20-26(21(25)15-29(35)36-24)28(34)31(27(20)33)19-6-4-3-5-7-19/h3-7,9-10,12,14,20-21,24,26,32,35H,8,11,13,15H2,1-2H3/b16-12+/t20-,21+,24-,26-/m1/s1. The Kier molecular flexibility index (Phi) is 6.58. The second kappa shape index (κ2) is 9.67. The Labute approximate surface area is 210 Å². The van der Waals surface area contributed by atoms with E-state index in [1.807, 2.05) is 38.1 Å². The third kappa shape index (κ3) is 4.40. The number of carbonyl (C=O) groups is 2. The molecule has 2 saturated heterocycles. The number of hydrogen-bond donors (Lipinski definition) is 2. The molecule has 5 rings (SSSR count). The summed E-state index contributed by atoms with van der Waals surface area (Å²) in [5.74, 6) is -2.62. The second-order valence-corrected chi connectivity index (χ2v) is 10.1. The van der Waals surface area contributed by atoms with Crippen LogP contribution in [0.3, 0.4) is 0 Å². The Bertz CT molecular complexity index is 1260. The Hall–Kier alpha value is -3.23. The summed E-state index contributed by atoms with van der Waals surface area (Å²) in [5.41, 5.74) is 4.31. The molecule has 0 radical (unpaired) electrons.